The second kappa shape index (κ2) is 2.78. The Morgan fingerprint density at radius 2 is 2.38 bits per heavy atom. The molecule has 5 nitrogen and oxygen atoms in total. The van der Waals surface area contributed by atoms with Gasteiger partial charge < -0.3 is 10.9 Å². The van der Waals surface area contributed by atoms with Gasteiger partial charge in [0.1, 0.15) is 0 Å². The third kappa shape index (κ3) is 1.10. The molecule has 2 aromatic rings. The maximum Gasteiger partial charge on any atom is 0.173 e. The number of hydrogen-bond acceptors (Lipinski definition) is 3. The fraction of sp³-hybridized carbons (Fsp3) is 0. The van der Waals surface area contributed by atoms with Gasteiger partial charge in [-0.2, -0.15) is 5.10 Å². The minimum atomic E-state index is 0.0706. The standard InChI is InChI=1S/C8H8N4O/c9-8(11-13)6-5-10-12-4-2-1-3-7(6)12/h1-5,13H,(H2,9,11). The first-order valence-corrected chi connectivity index (χ1v) is 3.73. The fourth-order valence-electron chi connectivity index (χ4n) is 1.19. The minimum Gasteiger partial charge on any atom is -0.409 e. The molecule has 2 rings (SSSR count). The number of nitrogens with zero attached hydrogens (tertiary/aromatic N) is 3. The summed E-state index contributed by atoms with van der Waals surface area (Å²) in [5.74, 6) is 0.0706. The average Bonchev–Trinajstić information content (AvgIpc) is 2.60. The van der Waals surface area contributed by atoms with Crippen molar-refractivity contribution in [2.24, 2.45) is 10.9 Å². The summed E-state index contributed by atoms with van der Waals surface area (Å²) >= 11 is 0. The van der Waals surface area contributed by atoms with Crippen molar-refractivity contribution in [1.82, 2.24) is 9.61 Å². The van der Waals surface area contributed by atoms with E-state index in [-0.39, 0.29) is 5.84 Å². The van der Waals surface area contributed by atoms with Crippen LogP contribution in [0.1, 0.15) is 5.56 Å². The van der Waals surface area contributed by atoms with Gasteiger partial charge in [0.25, 0.3) is 0 Å². The number of oxime groups is 1. The molecule has 5 heteroatoms. The number of nitrogens with two attached hydrogens (primary N) is 1. The molecule has 0 radical (unpaired) electrons. The molecule has 66 valence electrons. The van der Waals surface area contributed by atoms with Gasteiger partial charge in [-0.1, -0.05) is 11.2 Å². The van der Waals surface area contributed by atoms with Crippen molar-refractivity contribution in [3.63, 3.8) is 0 Å². The summed E-state index contributed by atoms with van der Waals surface area (Å²) in [5.41, 5.74) is 6.90. The molecule has 0 aliphatic heterocycles. The van der Waals surface area contributed by atoms with Crippen molar-refractivity contribution in [2.75, 3.05) is 0 Å². The smallest absolute Gasteiger partial charge is 0.173 e. The zero-order valence-corrected chi connectivity index (χ0v) is 6.75. The van der Waals surface area contributed by atoms with E-state index in [0.717, 1.165) is 5.52 Å². The lowest BCUT2D eigenvalue weighted by molar-refractivity contribution is 0.318. The Hall–Kier alpha value is -2.04. The van der Waals surface area contributed by atoms with Crippen LogP contribution in [0.3, 0.4) is 0 Å². The molecule has 3 N–H and O–H groups in total. The van der Waals surface area contributed by atoms with Crippen molar-refractivity contribution < 1.29 is 5.21 Å². The van der Waals surface area contributed by atoms with Crippen LogP contribution < -0.4 is 5.73 Å². The molecular formula is C8H8N4O. The predicted octanol–water partition coefficient (Wildman–Crippen LogP) is 0.429. The largest absolute Gasteiger partial charge is 0.409 e. The molecule has 0 unspecified atom stereocenters. The summed E-state index contributed by atoms with van der Waals surface area (Å²) in [6.45, 7) is 0. The Bertz CT molecular complexity index is 460. The summed E-state index contributed by atoms with van der Waals surface area (Å²) < 4.78 is 1.66. The lowest BCUT2D eigenvalue weighted by Crippen LogP contribution is -2.12. The van der Waals surface area contributed by atoms with Crippen LogP contribution in [0.25, 0.3) is 5.52 Å². The number of rotatable bonds is 1. The van der Waals surface area contributed by atoms with Gasteiger partial charge in [-0.15, -0.1) is 0 Å². The van der Waals surface area contributed by atoms with Crippen molar-refractivity contribution in [3.8, 4) is 0 Å². The van der Waals surface area contributed by atoms with E-state index in [2.05, 4.69) is 10.3 Å². The van der Waals surface area contributed by atoms with E-state index in [4.69, 9.17) is 10.9 Å². The van der Waals surface area contributed by atoms with Crippen LogP contribution in [0.5, 0.6) is 0 Å². The van der Waals surface area contributed by atoms with E-state index in [1.54, 1.807) is 16.9 Å². The molecule has 0 fully saturated rings. The Labute approximate surface area is 74.1 Å². The molecule has 2 heterocycles. The fourth-order valence-corrected chi connectivity index (χ4v) is 1.19. The molecule has 0 saturated heterocycles. The number of amidine groups is 1. The highest BCUT2D eigenvalue weighted by molar-refractivity contribution is 6.02. The molecule has 2 aromatic heterocycles. The van der Waals surface area contributed by atoms with Crippen LogP contribution in [-0.4, -0.2) is 20.7 Å². The normalized spacial score (nSPS) is 12.2. The van der Waals surface area contributed by atoms with E-state index in [1.165, 1.54) is 0 Å². The molecular weight excluding hydrogens is 168 g/mol. The number of hydrogen-bond donors (Lipinski definition) is 2. The number of fused-ring (bicyclic) bond motifs is 1. The Morgan fingerprint density at radius 3 is 3.15 bits per heavy atom. The predicted molar refractivity (Wildman–Crippen MR) is 47.7 cm³/mol. The van der Waals surface area contributed by atoms with E-state index in [9.17, 15) is 0 Å². The van der Waals surface area contributed by atoms with Gasteiger partial charge in [0.2, 0.25) is 0 Å². The third-order valence-electron chi connectivity index (χ3n) is 1.81. The molecule has 0 atom stereocenters. The highest BCUT2D eigenvalue weighted by Crippen LogP contribution is 2.08. The molecule has 0 saturated carbocycles. The van der Waals surface area contributed by atoms with Gasteiger partial charge in [0.05, 0.1) is 17.3 Å². The van der Waals surface area contributed by atoms with Crippen LogP contribution in [-0.2, 0) is 0 Å². The molecule has 0 aliphatic carbocycles. The second-order valence-electron chi connectivity index (χ2n) is 2.57. The summed E-state index contributed by atoms with van der Waals surface area (Å²) in [6, 6.07) is 5.57. The summed E-state index contributed by atoms with van der Waals surface area (Å²) in [6.07, 6.45) is 3.36. The first kappa shape index (κ1) is 7.60. The van der Waals surface area contributed by atoms with Gasteiger partial charge >= 0.3 is 0 Å². The van der Waals surface area contributed by atoms with E-state index >= 15 is 0 Å². The lowest BCUT2D eigenvalue weighted by Gasteiger charge is -1.94. The zero-order chi connectivity index (χ0) is 9.26. The van der Waals surface area contributed by atoms with Crippen molar-refractivity contribution in [2.45, 2.75) is 0 Å². The van der Waals surface area contributed by atoms with E-state index < -0.39 is 0 Å². The Balaban J connectivity index is 2.71. The summed E-state index contributed by atoms with van der Waals surface area (Å²) in [5, 5.41) is 15.4. The lowest BCUT2D eigenvalue weighted by atomic mass is 10.2. The van der Waals surface area contributed by atoms with E-state index in [1.807, 2.05) is 18.2 Å². The summed E-state index contributed by atoms with van der Waals surface area (Å²) in [7, 11) is 0. The maximum atomic E-state index is 8.49. The first-order valence-electron chi connectivity index (χ1n) is 3.73. The molecule has 13 heavy (non-hydrogen) atoms. The minimum absolute atomic E-state index is 0.0706. The van der Waals surface area contributed by atoms with Gasteiger partial charge in [0, 0.05) is 6.20 Å². The summed E-state index contributed by atoms with van der Waals surface area (Å²) in [4.78, 5) is 0. The van der Waals surface area contributed by atoms with E-state index in [0.29, 0.717) is 5.56 Å². The van der Waals surface area contributed by atoms with Gasteiger partial charge in [-0.25, -0.2) is 4.52 Å². The number of pyridine rings is 1. The van der Waals surface area contributed by atoms with Crippen LogP contribution in [0.4, 0.5) is 0 Å². The topological polar surface area (TPSA) is 75.9 Å². The highest BCUT2D eigenvalue weighted by atomic mass is 16.4. The van der Waals surface area contributed by atoms with Crippen LogP contribution in [0.2, 0.25) is 0 Å². The van der Waals surface area contributed by atoms with Gasteiger partial charge in [0.15, 0.2) is 5.84 Å². The molecule has 0 amide bonds. The van der Waals surface area contributed by atoms with Crippen molar-refractivity contribution >= 4 is 11.4 Å². The third-order valence-corrected chi connectivity index (χ3v) is 1.81. The monoisotopic (exact) mass is 176 g/mol. The van der Waals surface area contributed by atoms with Gasteiger partial charge in [-0.05, 0) is 12.1 Å². The second-order valence-corrected chi connectivity index (χ2v) is 2.57. The van der Waals surface area contributed by atoms with Crippen LogP contribution >= 0.6 is 0 Å². The van der Waals surface area contributed by atoms with Crippen LogP contribution in [0, 0.1) is 0 Å². The molecule has 0 spiro atoms. The maximum absolute atomic E-state index is 8.49. The molecule has 0 aromatic carbocycles. The van der Waals surface area contributed by atoms with Crippen molar-refractivity contribution in [1.29, 1.82) is 0 Å². The quantitative estimate of drug-likeness (QED) is 0.286. The molecule has 0 aliphatic rings. The average molecular weight is 176 g/mol. The number of aromatic nitrogens is 2. The highest BCUT2D eigenvalue weighted by Gasteiger charge is 2.06. The van der Waals surface area contributed by atoms with Crippen LogP contribution in [0.15, 0.2) is 35.7 Å². The van der Waals surface area contributed by atoms with Crippen molar-refractivity contribution in [3.05, 3.63) is 36.2 Å². The van der Waals surface area contributed by atoms with Gasteiger partial charge in [-0.3, -0.25) is 0 Å². The molecule has 0 bridgehead atoms. The zero-order valence-electron chi connectivity index (χ0n) is 6.75. The Kier molecular flexibility index (Phi) is 1.63. The first-order chi connectivity index (χ1) is 6.33. The SMILES string of the molecule is N/C(=N/O)c1cnn2ccccc12. The Morgan fingerprint density at radius 1 is 1.54 bits per heavy atom.